The number of nitrogens with two attached hydrogens (primary N) is 1. The minimum Gasteiger partial charge on any atom is -0.493 e. The Morgan fingerprint density at radius 3 is 2.54 bits per heavy atom. The second kappa shape index (κ2) is 7.29. The van der Waals surface area contributed by atoms with E-state index >= 15 is 0 Å². The molecule has 0 bridgehead atoms. The van der Waals surface area contributed by atoms with Crippen molar-refractivity contribution in [1.82, 2.24) is 14.3 Å². The third-order valence-corrected chi connectivity index (χ3v) is 5.00. The lowest BCUT2D eigenvalue weighted by molar-refractivity contribution is 0.356. The largest absolute Gasteiger partial charge is 0.493 e. The number of hydrogen-bond donors (Lipinski definition) is 1. The zero-order valence-electron chi connectivity index (χ0n) is 13.8. The summed E-state index contributed by atoms with van der Waals surface area (Å²) in [5.74, 6) is 2.11. The molecular formula is C15H21N5O3S. The second-order valence-electron chi connectivity index (χ2n) is 5.47. The first-order valence-corrected chi connectivity index (χ1v) is 8.84. The second-order valence-corrected chi connectivity index (χ2v) is 6.54. The van der Waals surface area contributed by atoms with E-state index in [2.05, 4.69) is 14.9 Å². The van der Waals surface area contributed by atoms with E-state index in [-0.39, 0.29) is 0 Å². The summed E-state index contributed by atoms with van der Waals surface area (Å²) >= 11 is -1.43. The van der Waals surface area contributed by atoms with Crippen LogP contribution in [0.25, 0.3) is 10.9 Å². The van der Waals surface area contributed by atoms with Crippen molar-refractivity contribution in [2.75, 3.05) is 45.3 Å². The molecule has 2 heterocycles. The molecule has 0 radical (unpaired) electrons. The summed E-state index contributed by atoms with van der Waals surface area (Å²) < 4.78 is 24.0. The average Bonchev–Trinajstić information content (AvgIpc) is 2.86. The van der Waals surface area contributed by atoms with Crippen LogP contribution in [0.15, 0.2) is 18.5 Å². The number of nitrogens with zero attached hydrogens (tertiary/aromatic N) is 4. The number of benzene rings is 1. The third-order valence-electron chi connectivity index (χ3n) is 4.13. The maximum Gasteiger partial charge on any atom is 0.167 e. The molecule has 1 unspecified atom stereocenters. The van der Waals surface area contributed by atoms with E-state index in [0.29, 0.717) is 31.1 Å². The summed E-state index contributed by atoms with van der Waals surface area (Å²) in [6.45, 7) is 2.85. The molecule has 8 nitrogen and oxygen atoms in total. The monoisotopic (exact) mass is 351 g/mol. The fourth-order valence-electron chi connectivity index (χ4n) is 2.91. The number of methoxy groups -OCH3 is 2. The van der Waals surface area contributed by atoms with Crippen LogP contribution in [0, 0.1) is 0 Å². The molecule has 1 aromatic carbocycles. The molecule has 1 aliphatic rings. The number of fused-ring (bicyclic) bond motifs is 1. The Kier molecular flexibility index (Phi) is 5.12. The minimum absolute atomic E-state index is 0.627. The fourth-order valence-corrected chi connectivity index (χ4v) is 3.48. The number of aromatic nitrogens is 2. The van der Waals surface area contributed by atoms with E-state index in [4.69, 9.17) is 14.6 Å². The highest BCUT2D eigenvalue weighted by molar-refractivity contribution is 7.80. The Hall–Kier alpha value is -1.97. The quantitative estimate of drug-likeness (QED) is 0.871. The van der Waals surface area contributed by atoms with Gasteiger partial charge in [-0.15, -0.1) is 0 Å². The summed E-state index contributed by atoms with van der Waals surface area (Å²) in [6, 6.07) is 3.74. The van der Waals surface area contributed by atoms with Gasteiger partial charge in [0, 0.05) is 37.6 Å². The van der Waals surface area contributed by atoms with Crippen molar-refractivity contribution in [3.05, 3.63) is 18.5 Å². The molecule has 24 heavy (non-hydrogen) atoms. The molecule has 1 atom stereocenters. The van der Waals surface area contributed by atoms with Crippen LogP contribution in [0.5, 0.6) is 11.5 Å². The molecule has 130 valence electrons. The number of hydrogen-bond acceptors (Lipinski definition) is 6. The molecule has 0 saturated carbocycles. The Balaban J connectivity index is 1.98. The summed E-state index contributed by atoms with van der Waals surface area (Å²) in [5, 5.41) is 6.41. The summed E-state index contributed by atoms with van der Waals surface area (Å²) in [4.78, 5) is 11.0. The van der Waals surface area contributed by atoms with Crippen LogP contribution in [0.4, 0.5) is 5.82 Å². The zero-order chi connectivity index (χ0) is 17.1. The molecule has 3 rings (SSSR count). The standard InChI is InChI=1S/C15H21N5O3S/c1-22-13-8-11-12(9-14(13)23-2)17-10-18-15(11)19-4-3-5-20(7-6-19)24(16)21/h8-10H,3-7,16H2,1-2H3. The van der Waals surface area contributed by atoms with Gasteiger partial charge >= 0.3 is 0 Å². The maximum absolute atomic E-state index is 11.5. The lowest BCUT2D eigenvalue weighted by Crippen LogP contribution is -2.35. The molecule has 1 aliphatic heterocycles. The molecular weight excluding hydrogens is 330 g/mol. The smallest absolute Gasteiger partial charge is 0.167 e. The van der Waals surface area contributed by atoms with Gasteiger partial charge in [0.15, 0.2) is 22.7 Å². The van der Waals surface area contributed by atoms with Gasteiger partial charge in [-0.25, -0.2) is 23.6 Å². The van der Waals surface area contributed by atoms with Crippen LogP contribution < -0.4 is 19.5 Å². The normalized spacial score (nSPS) is 17.5. The maximum atomic E-state index is 11.5. The van der Waals surface area contributed by atoms with E-state index in [0.717, 1.165) is 29.7 Å². The van der Waals surface area contributed by atoms with E-state index in [1.54, 1.807) is 24.9 Å². The van der Waals surface area contributed by atoms with Gasteiger partial charge in [-0.2, -0.15) is 0 Å². The lowest BCUT2D eigenvalue weighted by Gasteiger charge is -2.23. The van der Waals surface area contributed by atoms with Crippen molar-refractivity contribution in [2.24, 2.45) is 5.14 Å². The van der Waals surface area contributed by atoms with Gasteiger partial charge in [-0.3, -0.25) is 0 Å². The summed E-state index contributed by atoms with van der Waals surface area (Å²) in [5.41, 5.74) is 0.793. The predicted molar refractivity (Wildman–Crippen MR) is 93.4 cm³/mol. The van der Waals surface area contributed by atoms with Crippen LogP contribution in [0.1, 0.15) is 6.42 Å². The fraction of sp³-hybridized carbons (Fsp3) is 0.467. The number of rotatable bonds is 4. The van der Waals surface area contributed by atoms with Crippen LogP contribution in [-0.2, 0) is 11.2 Å². The van der Waals surface area contributed by atoms with E-state index in [9.17, 15) is 4.21 Å². The van der Waals surface area contributed by atoms with Crippen molar-refractivity contribution >= 4 is 27.9 Å². The van der Waals surface area contributed by atoms with E-state index in [1.807, 2.05) is 12.1 Å². The van der Waals surface area contributed by atoms with Crippen molar-refractivity contribution in [3.8, 4) is 11.5 Å². The van der Waals surface area contributed by atoms with Crippen molar-refractivity contribution in [2.45, 2.75) is 6.42 Å². The Morgan fingerprint density at radius 2 is 1.83 bits per heavy atom. The van der Waals surface area contributed by atoms with E-state index < -0.39 is 11.2 Å². The van der Waals surface area contributed by atoms with Crippen molar-refractivity contribution < 1.29 is 13.7 Å². The first-order chi connectivity index (χ1) is 11.6. The van der Waals surface area contributed by atoms with Gasteiger partial charge in [0.2, 0.25) is 0 Å². The Morgan fingerprint density at radius 1 is 1.08 bits per heavy atom. The topological polar surface area (TPSA) is 93.8 Å². The van der Waals surface area contributed by atoms with Crippen LogP contribution in [0.3, 0.4) is 0 Å². The first kappa shape index (κ1) is 16.9. The van der Waals surface area contributed by atoms with E-state index in [1.165, 1.54) is 0 Å². The van der Waals surface area contributed by atoms with Gasteiger partial charge in [0.05, 0.1) is 19.7 Å². The van der Waals surface area contributed by atoms with Crippen LogP contribution in [-0.4, -0.2) is 58.9 Å². The summed E-state index contributed by atoms with van der Waals surface area (Å²) in [7, 11) is 3.20. The molecule has 2 N–H and O–H groups in total. The van der Waals surface area contributed by atoms with Crippen LogP contribution in [0.2, 0.25) is 0 Å². The van der Waals surface area contributed by atoms with Gasteiger partial charge in [0.25, 0.3) is 0 Å². The molecule has 9 heteroatoms. The highest BCUT2D eigenvalue weighted by Crippen LogP contribution is 2.34. The Labute approximate surface area is 143 Å². The van der Waals surface area contributed by atoms with Gasteiger partial charge in [0.1, 0.15) is 12.1 Å². The lowest BCUT2D eigenvalue weighted by atomic mass is 10.2. The summed E-state index contributed by atoms with van der Waals surface area (Å²) in [6.07, 6.45) is 2.41. The SMILES string of the molecule is COc1cc2ncnc(N3CCCN(S(N)=O)CC3)c2cc1OC. The zero-order valence-corrected chi connectivity index (χ0v) is 14.6. The highest BCUT2D eigenvalue weighted by atomic mass is 32.2. The molecule has 1 saturated heterocycles. The Bertz CT molecular complexity index is 757. The minimum atomic E-state index is -1.43. The average molecular weight is 351 g/mol. The predicted octanol–water partition coefficient (Wildman–Crippen LogP) is 0.697. The number of ether oxygens (including phenoxy) is 2. The molecule has 2 aromatic rings. The molecule has 1 fully saturated rings. The number of anilines is 1. The molecule has 0 amide bonds. The van der Waals surface area contributed by atoms with Gasteiger partial charge in [-0.1, -0.05) is 0 Å². The van der Waals surface area contributed by atoms with Gasteiger partial charge < -0.3 is 14.4 Å². The van der Waals surface area contributed by atoms with Gasteiger partial charge in [-0.05, 0) is 12.5 Å². The molecule has 0 aliphatic carbocycles. The third kappa shape index (κ3) is 3.28. The first-order valence-electron chi connectivity index (χ1n) is 7.67. The van der Waals surface area contributed by atoms with Crippen molar-refractivity contribution in [3.63, 3.8) is 0 Å². The molecule has 0 spiro atoms. The van der Waals surface area contributed by atoms with Crippen molar-refractivity contribution in [1.29, 1.82) is 0 Å². The van der Waals surface area contributed by atoms with Crippen LogP contribution >= 0.6 is 0 Å². The molecule has 1 aromatic heterocycles. The highest BCUT2D eigenvalue weighted by Gasteiger charge is 2.21.